The second-order valence-electron chi connectivity index (χ2n) is 4.76. The molecule has 2 heteroatoms. The largest absolute Gasteiger partial charge is 0.315 e. The molecule has 0 amide bonds. The number of nitrogens with one attached hydrogen (secondary N) is 1. The molecule has 0 saturated carbocycles. The van der Waals surface area contributed by atoms with Crippen LogP contribution in [0.25, 0.3) is 0 Å². The summed E-state index contributed by atoms with van der Waals surface area (Å²) in [7, 11) is 0. The summed E-state index contributed by atoms with van der Waals surface area (Å²) in [6.07, 6.45) is 1.06. The fraction of sp³-hybridized carbons (Fsp3) is 0.250. The van der Waals surface area contributed by atoms with Crippen LogP contribution in [-0.2, 0) is 6.42 Å². The molecule has 1 N–H and O–H groups in total. The quantitative estimate of drug-likeness (QED) is 0.809. The van der Waals surface area contributed by atoms with Crippen LogP contribution in [0.3, 0.4) is 0 Å². The zero-order chi connectivity index (χ0) is 12.4. The van der Waals surface area contributed by atoms with E-state index in [-0.39, 0.29) is 5.82 Å². The molecule has 0 fully saturated rings. The Balaban J connectivity index is 2.03. The highest BCUT2D eigenvalue weighted by atomic mass is 19.1. The lowest BCUT2D eigenvalue weighted by Gasteiger charge is -2.18. The van der Waals surface area contributed by atoms with Crippen LogP contribution < -0.4 is 5.32 Å². The maximum absolute atomic E-state index is 13.0. The normalized spacial score (nSPS) is 19.1. The average Bonchev–Trinajstić information content (AvgIpc) is 2.62. The van der Waals surface area contributed by atoms with Gasteiger partial charge in [0.25, 0.3) is 0 Å². The molecule has 1 atom stereocenters. The van der Waals surface area contributed by atoms with Crippen LogP contribution in [0.5, 0.6) is 0 Å². The zero-order valence-electron chi connectivity index (χ0n) is 10.2. The molecule has 18 heavy (non-hydrogen) atoms. The summed E-state index contributed by atoms with van der Waals surface area (Å²) in [5.74, 6) is 0.151. The van der Waals surface area contributed by atoms with Crippen LogP contribution in [0.1, 0.15) is 22.6 Å². The molecule has 0 radical (unpaired) electrons. The summed E-state index contributed by atoms with van der Waals surface area (Å²) in [5.41, 5.74) is 3.95. The van der Waals surface area contributed by atoms with Gasteiger partial charge < -0.3 is 5.32 Å². The zero-order valence-corrected chi connectivity index (χ0v) is 10.2. The maximum Gasteiger partial charge on any atom is 0.123 e. The highest BCUT2D eigenvalue weighted by molar-refractivity contribution is 5.39. The van der Waals surface area contributed by atoms with E-state index >= 15 is 0 Å². The topological polar surface area (TPSA) is 12.0 Å². The predicted molar refractivity (Wildman–Crippen MR) is 71.3 cm³/mol. The molecule has 2 aromatic rings. The Bertz CT molecular complexity index is 533. The SMILES string of the molecule is Fc1ccc(C2CNCCc3ccccc32)cc1. The van der Waals surface area contributed by atoms with Gasteiger partial charge in [-0.15, -0.1) is 0 Å². The highest BCUT2D eigenvalue weighted by Gasteiger charge is 2.19. The fourth-order valence-corrected chi connectivity index (χ4v) is 2.67. The summed E-state index contributed by atoms with van der Waals surface area (Å²) in [6, 6.07) is 15.4. The Kier molecular flexibility index (Phi) is 3.11. The van der Waals surface area contributed by atoms with Crippen molar-refractivity contribution in [3.63, 3.8) is 0 Å². The Labute approximate surface area is 107 Å². The Morgan fingerprint density at radius 1 is 1.00 bits per heavy atom. The lowest BCUT2D eigenvalue weighted by atomic mass is 9.88. The van der Waals surface area contributed by atoms with Gasteiger partial charge in [-0.3, -0.25) is 0 Å². The minimum atomic E-state index is -0.173. The van der Waals surface area contributed by atoms with E-state index in [9.17, 15) is 4.39 Å². The molecule has 2 aromatic carbocycles. The minimum absolute atomic E-state index is 0.173. The number of hydrogen-bond acceptors (Lipinski definition) is 1. The first-order valence-electron chi connectivity index (χ1n) is 6.38. The summed E-state index contributed by atoms with van der Waals surface area (Å²) < 4.78 is 13.0. The Morgan fingerprint density at radius 2 is 1.78 bits per heavy atom. The molecule has 0 spiro atoms. The Morgan fingerprint density at radius 3 is 2.61 bits per heavy atom. The molecule has 1 aliphatic heterocycles. The third-order valence-corrected chi connectivity index (χ3v) is 3.62. The van der Waals surface area contributed by atoms with Crippen molar-refractivity contribution >= 4 is 0 Å². The first-order chi connectivity index (χ1) is 8.84. The second-order valence-corrected chi connectivity index (χ2v) is 4.76. The van der Waals surface area contributed by atoms with Crippen molar-refractivity contribution < 1.29 is 4.39 Å². The molecular formula is C16H16FN. The van der Waals surface area contributed by atoms with Crippen LogP contribution in [0.15, 0.2) is 48.5 Å². The predicted octanol–water partition coefficient (Wildman–Crippen LogP) is 3.10. The van der Waals surface area contributed by atoms with Gasteiger partial charge in [0.1, 0.15) is 5.82 Å². The van der Waals surface area contributed by atoms with E-state index in [1.54, 1.807) is 12.1 Å². The number of benzene rings is 2. The van der Waals surface area contributed by atoms with Gasteiger partial charge in [-0.25, -0.2) is 4.39 Å². The fourth-order valence-electron chi connectivity index (χ4n) is 2.67. The van der Waals surface area contributed by atoms with Crippen LogP contribution in [0.2, 0.25) is 0 Å². The molecule has 92 valence electrons. The summed E-state index contributed by atoms with van der Waals surface area (Å²) in [5, 5.41) is 3.46. The van der Waals surface area contributed by atoms with Crippen molar-refractivity contribution in [3.05, 3.63) is 71.0 Å². The van der Waals surface area contributed by atoms with Gasteiger partial charge in [-0.05, 0) is 41.8 Å². The summed E-state index contributed by atoms with van der Waals surface area (Å²) in [4.78, 5) is 0. The third-order valence-electron chi connectivity index (χ3n) is 3.62. The smallest absolute Gasteiger partial charge is 0.123 e. The first kappa shape index (κ1) is 11.4. The molecule has 3 rings (SSSR count). The second kappa shape index (κ2) is 4.91. The number of fused-ring (bicyclic) bond motifs is 1. The van der Waals surface area contributed by atoms with Crippen LogP contribution in [0, 0.1) is 5.82 Å². The maximum atomic E-state index is 13.0. The molecule has 0 saturated heterocycles. The van der Waals surface area contributed by atoms with E-state index in [0.29, 0.717) is 5.92 Å². The van der Waals surface area contributed by atoms with Gasteiger partial charge in [-0.1, -0.05) is 36.4 Å². The molecule has 1 nitrogen and oxygen atoms in total. The van der Waals surface area contributed by atoms with Crippen LogP contribution in [0.4, 0.5) is 4.39 Å². The van der Waals surface area contributed by atoms with E-state index in [4.69, 9.17) is 0 Å². The van der Waals surface area contributed by atoms with Crippen molar-refractivity contribution in [3.8, 4) is 0 Å². The van der Waals surface area contributed by atoms with Crippen molar-refractivity contribution in [2.24, 2.45) is 0 Å². The van der Waals surface area contributed by atoms with Gasteiger partial charge in [0.15, 0.2) is 0 Å². The van der Waals surface area contributed by atoms with Crippen LogP contribution >= 0.6 is 0 Å². The van der Waals surface area contributed by atoms with Crippen molar-refractivity contribution in [2.75, 3.05) is 13.1 Å². The van der Waals surface area contributed by atoms with E-state index in [2.05, 4.69) is 29.6 Å². The first-order valence-corrected chi connectivity index (χ1v) is 6.38. The molecule has 1 unspecified atom stereocenters. The third kappa shape index (κ3) is 2.16. The van der Waals surface area contributed by atoms with Gasteiger partial charge in [0.2, 0.25) is 0 Å². The average molecular weight is 241 g/mol. The van der Waals surface area contributed by atoms with Gasteiger partial charge >= 0.3 is 0 Å². The molecule has 0 aliphatic carbocycles. The summed E-state index contributed by atoms with van der Waals surface area (Å²) in [6.45, 7) is 1.93. The monoisotopic (exact) mass is 241 g/mol. The lowest BCUT2D eigenvalue weighted by molar-refractivity contribution is 0.623. The lowest BCUT2D eigenvalue weighted by Crippen LogP contribution is -2.20. The number of hydrogen-bond donors (Lipinski definition) is 1. The number of halogens is 1. The van der Waals surface area contributed by atoms with Crippen molar-refractivity contribution in [1.82, 2.24) is 5.32 Å². The molecule has 1 heterocycles. The van der Waals surface area contributed by atoms with Gasteiger partial charge in [0, 0.05) is 12.5 Å². The Hall–Kier alpha value is -1.67. The molecule has 1 aliphatic rings. The van der Waals surface area contributed by atoms with Crippen molar-refractivity contribution in [2.45, 2.75) is 12.3 Å². The van der Waals surface area contributed by atoms with E-state index in [1.807, 2.05) is 12.1 Å². The van der Waals surface area contributed by atoms with Gasteiger partial charge in [-0.2, -0.15) is 0 Å². The van der Waals surface area contributed by atoms with Gasteiger partial charge in [0.05, 0.1) is 0 Å². The van der Waals surface area contributed by atoms with E-state index in [1.165, 1.54) is 16.7 Å². The van der Waals surface area contributed by atoms with Crippen LogP contribution in [-0.4, -0.2) is 13.1 Å². The summed E-state index contributed by atoms with van der Waals surface area (Å²) >= 11 is 0. The van der Waals surface area contributed by atoms with E-state index in [0.717, 1.165) is 19.5 Å². The van der Waals surface area contributed by atoms with E-state index < -0.39 is 0 Å². The molecular weight excluding hydrogens is 225 g/mol. The molecule has 0 bridgehead atoms. The van der Waals surface area contributed by atoms with Crippen molar-refractivity contribution in [1.29, 1.82) is 0 Å². The number of rotatable bonds is 1. The minimum Gasteiger partial charge on any atom is -0.315 e. The highest BCUT2D eigenvalue weighted by Crippen LogP contribution is 2.28. The molecule has 0 aromatic heterocycles. The standard InChI is InChI=1S/C16H16FN/c17-14-7-5-13(6-8-14)16-11-18-10-9-12-3-1-2-4-15(12)16/h1-8,16,18H,9-11H2.